The van der Waals surface area contributed by atoms with Gasteiger partial charge in [0.15, 0.2) is 6.10 Å². The van der Waals surface area contributed by atoms with Crippen molar-refractivity contribution in [3.63, 3.8) is 0 Å². The second-order valence-corrected chi connectivity index (χ2v) is 9.56. The summed E-state index contributed by atoms with van der Waals surface area (Å²) in [6.07, 6.45) is -1.41. The molecule has 0 radical (unpaired) electrons. The Kier molecular flexibility index (Phi) is 11.3. The van der Waals surface area contributed by atoms with Crippen molar-refractivity contribution in [1.82, 2.24) is 5.32 Å². The first-order valence-corrected chi connectivity index (χ1v) is 11.7. The van der Waals surface area contributed by atoms with Crippen molar-refractivity contribution in [2.45, 2.75) is 39.7 Å². The van der Waals surface area contributed by atoms with Crippen LogP contribution >= 0.6 is 0 Å². The SMILES string of the molecule is CC(=O)NCCCS(=O)(=O)OCC(C)(C)[C@@H](O)C(=O)OCCOC(=O)Cc1ccccc1. The van der Waals surface area contributed by atoms with Gasteiger partial charge in [0, 0.05) is 18.9 Å². The van der Waals surface area contributed by atoms with Crippen LogP contribution in [0.2, 0.25) is 0 Å². The number of carbonyl (C=O) groups is 3. The summed E-state index contributed by atoms with van der Waals surface area (Å²) in [4.78, 5) is 34.6. The van der Waals surface area contributed by atoms with Gasteiger partial charge in [-0.05, 0) is 12.0 Å². The quantitative estimate of drug-likeness (QED) is 0.225. The van der Waals surface area contributed by atoms with E-state index in [0.29, 0.717) is 0 Å². The van der Waals surface area contributed by atoms with Gasteiger partial charge in [-0.3, -0.25) is 13.8 Å². The molecule has 0 aliphatic heterocycles. The van der Waals surface area contributed by atoms with E-state index in [9.17, 15) is 27.9 Å². The Bertz CT molecular complexity index is 853. The van der Waals surface area contributed by atoms with E-state index in [-0.39, 0.29) is 44.3 Å². The first-order chi connectivity index (χ1) is 14.9. The minimum Gasteiger partial charge on any atom is -0.462 e. The average molecular weight is 474 g/mol. The summed E-state index contributed by atoms with van der Waals surface area (Å²) in [5.74, 6) is -2.05. The maximum absolute atomic E-state index is 12.1. The van der Waals surface area contributed by atoms with Gasteiger partial charge in [0.25, 0.3) is 10.1 Å². The minimum absolute atomic E-state index is 0.0844. The highest BCUT2D eigenvalue weighted by Crippen LogP contribution is 2.23. The zero-order valence-corrected chi connectivity index (χ0v) is 19.4. The lowest BCUT2D eigenvalue weighted by molar-refractivity contribution is -0.165. The van der Waals surface area contributed by atoms with Crippen LogP contribution in [0.15, 0.2) is 30.3 Å². The van der Waals surface area contributed by atoms with Gasteiger partial charge in [-0.1, -0.05) is 44.2 Å². The second-order valence-electron chi connectivity index (χ2n) is 7.80. The van der Waals surface area contributed by atoms with Crippen LogP contribution in [0.3, 0.4) is 0 Å². The van der Waals surface area contributed by atoms with E-state index in [1.54, 1.807) is 24.3 Å². The Hall–Kier alpha value is -2.50. The Morgan fingerprint density at radius 2 is 1.72 bits per heavy atom. The Morgan fingerprint density at radius 3 is 2.34 bits per heavy atom. The van der Waals surface area contributed by atoms with Gasteiger partial charge in [-0.25, -0.2) is 4.79 Å². The average Bonchev–Trinajstić information content (AvgIpc) is 2.73. The predicted molar refractivity (Wildman–Crippen MR) is 115 cm³/mol. The molecule has 1 amide bonds. The fourth-order valence-corrected chi connectivity index (χ4v) is 3.50. The van der Waals surface area contributed by atoms with Crippen molar-refractivity contribution in [1.29, 1.82) is 0 Å². The molecule has 2 N–H and O–H groups in total. The summed E-state index contributed by atoms with van der Waals surface area (Å²) in [5.41, 5.74) is -0.470. The standard InChI is InChI=1S/C21H31NO9S/c1-16(23)22-10-7-13-32(27,28)31-15-21(2,3)19(25)20(26)30-12-11-29-18(24)14-17-8-5-4-6-9-17/h4-6,8-9,19,25H,7,10-15H2,1-3H3,(H,22,23)/t19-/m0/s1. The highest BCUT2D eigenvalue weighted by atomic mass is 32.2. The van der Waals surface area contributed by atoms with Crippen molar-refractivity contribution in [2.75, 3.05) is 32.1 Å². The van der Waals surface area contributed by atoms with E-state index in [2.05, 4.69) is 5.32 Å². The second kappa shape index (κ2) is 13.1. The van der Waals surface area contributed by atoms with Crippen molar-refractivity contribution < 1.29 is 41.6 Å². The number of hydrogen-bond donors (Lipinski definition) is 2. The number of aliphatic hydroxyl groups excluding tert-OH is 1. The molecule has 0 aliphatic rings. The fraction of sp³-hybridized carbons (Fsp3) is 0.571. The van der Waals surface area contributed by atoms with Gasteiger partial charge in [0.05, 0.1) is 18.8 Å². The van der Waals surface area contributed by atoms with Gasteiger partial charge in [0.1, 0.15) is 13.2 Å². The fourth-order valence-electron chi connectivity index (χ4n) is 2.40. The molecule has 1 aromatic rings. The number of amides is 1. The number of hydrogen-bond acceptors (Lipinski definition) is 9. The highest BCUT2D eigenvalue weighted by molar-refractivity contribution is 7.86. The van der Waals surface area contributed by atoms with Crippen LogP contribution in [0.1, 0.15) is 32.8 Å². The number of benzene rings is 1. The molecule has 0 saturated carbocycles. The molecule has 0 aromatic heterocycles. The Balaban J connectivity index is 2.34. The molecule has 0 saturated heterocycles. The zero-order valence-electron chi connectivity index (χ0n) is 18.5. The summed E-state index contributed by atoms with van der Waals surface area (Å²) >= 11 is 0. The minimum atomic E-state index is -3.90. The largest absolute Gasteiger partial charge is 0.462 e. The lowest BCUT2D eigenvalue weighted by Gasteiger charge is -2.28. The number of rotatable bonds is 14. The summed E-state index contributed by atoms with van der Waals surface area (Å²) in [6, 6.07) is 8.99. The Labute approximate surface area is 188 Å². The van der Waals surface area contributed by atoms with Gasteiger partial charge in [0.2, 0.25) is 5.91 Å². The topological polar surface area (TPSA) is 145 Å². The maximum Gasteiger partial charge on any atom is 0.335 e. The van der Waals surface area contributed by atoms with E-state index in [1.807, 2.05) is 6.07 Å². The molecular formula is C21H31NO9S. The smallest absolute Gasteiger partial charge is 0.335 e. The third-order valence-corrected chi connectivity index (χ3v) is 5.57. The van der Waals surface area contributed by atoms with Crippen molar-refractivity contribution in [3.05, 3.63) is 35.9 Å². The molecule has 11 heteroatoms. The summed E-state index contributed by atoms with van der Waals surface area (Å²) in [6.45, 7) is 3.53. The van der Waals surface area contributed by atoms with E-state index in [4.69, 9.17) is 13.7 Å². The lowest BCUT2D eigenvalue weighted by Crippen LogP contribution is -2.42. The number of carbonyl (C=O) groups excluding carboxylic acids is 3. The molecule has 1 aromatic carbocycles. The Morgan fingerprint density at radius 1 is 1.09 bits per heavy atom. The molecule has 1 atom stereocenters. The van der Waals surface area contributed by atoms with Crippen molar-refractivity contribution in [3.8, 4) is 0 Å². The molecule has 0 spiro atoms. The van der Waals surface area contributed by atoms with Crippen LogP contribution in [0.4, 0.5) is 0 Å². The van der Waals surface area contributed by atoms with Gasteiger partial charge < -0.3 is 19.9 Å². The van der Waals surface area contributed by atoms with Crippen molar-refractivity contribution >= 4 is 28.0 Å². The zero-order chi connectivity index (χ0) is 24.2. The van der Waals surface area contributed by atoms with Gasteiger partial charge in [-0.2, -0.15) is 8.42 Å². The molecule has 0 heterocycles. The van der Waals surface area contributed by atoms with Crippen molar-refractivity contribution in [2.24, 2.45) is 5.41 Å². The van der Waals surface area contributed by atoms with Crippen LogP contribution in [0.5, 0.6) is 0 Å². The molecule has 0 fully saturated rings. The van der Waals surface area contributed by atoms with E-state index >= 15 is 0 Å². The molecule has 0 bridgehead atoms. The van der Waals surface area contributed by atoms with E-state index < -0.39 is 40.2 Å². The predicted octanol–water partition coefficient (Wildman–Crippen LogP) is 0.575. The molecule has 0 aliphatic carbocycles. The number of esters is 2. The normalized spacial score (nSPS) is 12.6. The van der Waals surface area contributed by atoms with Gasteiger partial charge >= 0.3 is 11.9 Å². The van der Waals surface area contributed by atoms with Gasteiger partial charge in [-0.15, -0.1) is 0 Å². The number of nitrogens with one attached hydrogen (secondary N) is 1. The molecule has 1 rings (SSSR count). The molecule has 180 valence electrons. The van der Waals surface area contributed by atoms with Crippen LogP contribution in [-0.2, 0) is 44.6 Å². The first-order valence-electron chi connectivity index (χ1n) is 10.1. The third-order valence-electron chi connectivity index (χ3n) is 4.30. The summed E-state index contributed by atoms with van der Waals surface area (Å²) < 4.78 is 38.7. The first kappa shape index (κ1) is 27.5. The highest BCUT2D eigenvalue weighted by Gasteiger charge is 2.36. The molecule has 0 unspecified atom stereocenters. The third kappa shape index (κ3) is 11.2. The van der Waals surface area contributed by atoms with E-state index in [0.717, 1.165) is 5.56 Å². The number of aliphatic hydroxyl groups is 1. The molecule has 10 nitrogen and oxygen atoms in total. The number of ether oxygens (including phenoxy) is 2. The monoisotopic (exact) mass is 473 g/mol. The van der Waals surface area contributed by atoms with E-state index in [1.165, 1.54) is 20.8 Å². The lowest BCUT2D eigenvalue weighted by atomic mass is 9.88. The molecule has 32 heavy (non-hydrogen) atoms. The van der Waals surface area contributed by atoms with Crippen LogP contribution in [0.25, 0.3) is 0 Å². The van der Waals surface area contributed by atoms with Crippen LogP contribution in [0, 0.1) is 5.41 Å². The summed E-state index contributed by atoms with van der Waals surface area (Å²) in [7, 11) is -3.90. The van der Waals surface area contributed by atoms with Crippen LogP contribution < -0.4 is 5.32 Å². The van der Waals surface area contributed by atoms with Crippen LogP contribution in [-0.4, -0.2) is 69.6 Å². The summed E-state index contributed by atoms with van der Waals surface area (Å²) in [5, 5.41) is 12.7. The molecular weight excluding hydrogens is 442 g/mol. The maximum atomic E-state index is 12.1.